The van der Waals surface area contributed by atoms with Crippen molar-refractivity contribution in [2.24, 2.45) is 5.92 Å². The van der Waals surface area contributed by atoms with E-state index in [1.54, 1.807) is 0 Å². The Bertz CT molecular complexity index is 571. The van der Waals surface area contributed by atoms with Gasteiger partial charge in [0.2, 0.25) is 0 Å². The predicted molar refractivity (Wildman–Crippen MR) is 92.6 cm³/mol. The number of rotatable bonds is 4. The summed E-state index contributed by atoms with van der Waals surface area (Å²) in [5.74, 6) is -0.867. The standard InChI is InChI=1S/C19H29N2O3/c1-13(14-10-8-7-9-11-14)20-15-12-18(2,3)21(23)19(4,5)16(15)17(22)24-6/h7-11,13,15-16,20H,12H2,1-6H3/t13-,15-,16-/m0/s1. The number of nitrogens with zero attached hydrogens (tertiary/aromatic N) is 1. The van der Waals surface area contributed by atoms with Crippen molar-refractivity contribution in [3.05, 3.63) is 35.9 Å². The molecule has 0 amide bonds. The zero-order valence-corrected chi connectivity index (χ0v) is 15.5. The molecular formula is C19H29N2O3. The summed E-state index contributed by atoms with van der Waals surface area (Å²) in [5.41, 5.74) is -0.244. The SMILES string of the molecule is COC(=O)[C@@H]1[C@@H](N[C@@H](C)c2ccccc2)CC(C)(C)N([O])C1(C)C. The highest BCUT2D eigenvalue weighted by molar-refractivity contribution is 5.75. The van der Waals surface area contributed by atoms with Crippen LogP contribution >= 0.6 is 0 Å². The van der Waals surface area contributed by atoms with Crippen molar-refractivity contribution in [1.82, 2.24) is 10.4 Å². The van der Waals surface area contributed by atoms with Crippen LogP contribution in [0, 0.1) is 5.92 Å². The van der Waals surface area contributed by atoms with Crippen LogP contribution in [0.5, 0.6) is 0 Å². The molecule has 24 heavy (non-hydrogen) atoms. The van der Waals surface area contributed by atoms with Crippen LogP contribution in [0.25, 0.3) is 0 Å². The van der Waals surface area contributed by atoms with E-state index < -0.39 is 17.0 Å². The Balaban J connectivity index is 2.32. The van der Waals surface area contributed by atoms with Crippen LogP contribution in [0.2, 0.25) is 0 Å². The van der Waals surface area contributed by atoms with Crippen LogP contribution in [-0.4, -0.2) is 35.3 Å². The van der Waals surface area contributed by atoms with E-state index in [4.69, 9.17) is 4.74 Å². The maximum atomic E-state index is 12.8. The van der Waals surface area contributed by atoms with Gasteiger partial charge in [-0.25, -0.2) is 0 Å². The van der Waals surface area contributed by atoms with E-state index in [1.807, 2.05) is 45.9 Å². The summed E-state index contributed by atoms with van der Waals surface area (Å²) >= 11 is 0. The molecule has 0 aliphatic carbocycles. The number of carbonyl (C=O) groups excluding carboxylic acids is 1. The highest BCUT2D eigenvalue weighted by atomic mass is 16.5. The van der Waals surface area contributed by atoms with Crippen LogP contribution in [0.3, 0.4) is 0 Å². The van der Waals surface area contributed by atoms with Gasteiger partial charge in [0.25, 0.3) is 0 Å². The lowest BCUT2D eigenvalue weighted by Gasteiger charge is -2.54. The van der Waals surface area contributed by atoms with Gasteiger partial charge >= 0.3 is 5.97 Å². The van der Waals surface area contributed by atoms with Crippen molar-refractivity contribution in [1.29, 1.82) is 0 Å². The highest BCUT2D eigenvalue weighted by Crippen LogP contribution is 2.42. The summed E-state index contributed by atoms with van der Waals surface area (Å²) < 4.78 is 5.01. The van der Waals surface area contributed by atoms with Crippen molar-refractivity contribution in [3.63, 3.8) is 0 Å². The molecule has 1 saturated heterocycles. The highest BCUT2D eigenvalue weighted by Gasteiger charge is 2.56. The van der Waals surface area contributed by atoms with Crippen LogP contribution in [0.15, 0.2) is 30.3 Å². The maximum Gasteiger partial charge on any atom is 0.312 e. The lowest BCUT2D eigenvalue weighted by Crippen LogP contribution is -2.69. The van der Waals surface area contributed by atoms with E-state index in [9.17, 15) is 10.0 Å². The fourth-order valence-corrected chi connectivity index (χ4v) is 4.03. The first-order valence-electron chi connectivity index (χ1n) is 8.47. The molecule has 2 rings (SSSR count). The van der Waals surface area contributed by atoms with Gasteiger partial charge in [0, 0.05) is 17.6 Å². The topological polar surface area (TPSA) is 61.5 Å². The molecule has 1 aromatic carbocycles. The van der Waals surface area contributed by atoms with E-state index in [-0.39, 0.29) is 18.1 Å². The molecule has 0 bridgehead atoms. The lowest BCUT2D eigenvalue weighted by atomic mass is 9.70. The normalized spacial score (nSPS) is 27.5. The zero-order chi connectivity index (χ0) is 18.1. The van der Waals surface area contributed by atoms with E-state index >= 15 is 0 Å². The van der Waals surface area contributed by atoms with Crippen LogP contribution in [0.4, 0.5) is 0 Å². The number of nitrogens with one attached hydrogen (secondary N) is 1. The molecule has 1 aromatic rings. The van der Waals surface area contributed by atoms with Crippen LogP contribution in [0.1, 0.15) is 52.6 Å². The third kappa shape index (κ3) is 3.48. The second-order valence-corrected chi connectivity index (χ2v) is 7.87. The van der Waals surface area contributed by atoms with Gasteiger partial charge in [-0.3, -0.25) is 4.79 Å². The molecule has 0 unspecified atom stereocenters. The van der Waals surface area contributed by atoms with Crippen LogP contribution < -0.4 is 5.32 Å². The zero-order valence-electron chi connectivity index (χ0n) is 15.5. The average molecular weight is 333 g/mol. The molecule has 1 aliphatic heterocycles. The van der Waals surface area contributed by atoms with Crippen molar-refractivity contribution >= 4 is 5.97 Å². The number of esters is 1. The first-order chi connectivity index (χ1) is 11.1. The fraction of sp³-hybridized carbons (Fsp3) is 0.632. The van der Waals surface area contributed by atoms with E-state index in [1.165, 1.54) is 7.11 Å². The number of ether oxygens (including phenoxy) is 1. The Labute approximate surface area is 145 Å². The fourth-order valence-electron chi connectivity index (χ4n) is 4.03. The number of hydrogen-bond acceptors (Lipinski definition) is 4. The van der Waals surface area contributed by atoms with Gasteiger partial charge in [0.1, 0.15) is 0 Å². The number of piperidine rings is 1. The van der Waals surface area contributed by atoms with Crippen molar-refractivity contribution < 1.29 is 14.7 Å². The second kappa shape index (κ2) is 6.82. The first kappa shape index (κ1) is 18.9. The molecule has 0 aromatic heterocycles. The molecule has 1 radical (unpaired) electrons. The Morgan fingerprint density at radius 2 is 1.83 bits per heavy atom. The number of methoxy groups -OCH3 is 1. The number of benzene rings is 1. The molecule has 5 heteroatoms. The minimum absolute atomic E-state index is 0.0770. The van der Waals surface area contributed by atoms with Gasteiger partial charge in [-0.15, -0.1) is 10.3 Å². The minimum atomic E-state index is -0.844. The first-order valence-corrected chi connectivity index (χ1v) is 8.47. The van der Waals surface area contributed by atoms with E-state index in [0.29, 0.717) is 6.42 Å². The molecule has 1 aliphatic rings. The quantitative estimate of drug-likeness (QED) is 0.860. The Morgan fingerprint density at radius 3 is 2.38 bits per heavy atom. The molecule has 133 valence electrons. The average Bonchev–Trinajstić information content (AvgIpc) is 2.53. The van der Waals surface area contributed by atoms with Crippen molar-refractivity contribution in [2.45, 2.75) is 64.2 Å². The van der Waals surface area contributed by atoms with Crippen LogP contribution in [-0.2, 0) is 14.7 Å². The van der Waals surface area contributed by atoms with Gasteiger partial charge < -0.3 is 10.1 Å². The van der Waals surface area contributed by atoms with E-state index in [2.05, 4.69) is 24.4 Å². The third-order valence-electron chi connectivity index (χ3n) is 5.17. The monoisotopic (exact) mass is 333 g/mol. The number of carbonyl (C=O) groups is 1. The Morgan fingerprint density at radius 1 is 1.25 bits per heavy atom. The smallest absolute Gasteiger partial charge is 0.312 e. The number of hydroxylamine groups is 2. The molecule has 3 atom stereocenters. The molecule has 5 nitrogen and oxygen atoms in total. The van der Waals surface area contributed by atoms with E-state index in [0.717, 1.165) is 10.6 Å². The van der Waals surface area contributed by atoms with Gasteiger partial charge in [0.15, 0.2) is 0 Å². The second-order valence-electron chi connectivity index (χ2n) is 7.87. The van der Waals surface area contributed by atoms with Crippen molar-refractivity contribution in [2.75, 3.05) is 7.11 Å². The van der Waals surface area contributed by atoms with Crippen molar-refractivity contribution in [3.8, 4) is 0 Å². The molecule has 0 spiro atoms. The minimum Gasteiger partial charge on any atom is -0.469 e. The summed E-state index contributed by atoms with van der Waals surface area (Å²) in [7, 11) is 1.38. The largest absolute Gasteiger partial charge is 0.469 e. The van der Waals surface area contributed by atoms with Gasteiger partial charge in [-0.05, 0) is 46.6 Å². The number of hydrogen-bond donors (Lipinski definition) is 1. The summed E-state index contributed by atoms with van der Waals surface area (Å²) in [4.78, 5) is 12.4. The molecule has 1 N–H and O–H groups in total. The molecule has 1 heterocycles. The summed E-state index contributed by atoms with van der Waals surface area (Å²) in [6.45, 7) is 9.58. The van der Waals surface area contributed by atoms with Gasteiger partial charge in [-0.1, -0.05) is 30.3 Å². The predicted octanol–water partition coefficient (Wildman–Crippen LogP) is 3.10. The van der Waals surface area contributed by atoms with Gasteiger partial charge in [0.05, 0.1) is 18.6 Å². The maximum absolute atomic E-state index is 12.8. The molecule has 1 fully saturated rings. The summed E-state index contributed by atoms with van der Waals surface area (Å²) in [5, 5.41) is 17.4. The molecular weight excluding hydrogens is 304 g/mol. The third-order valence-corrected chi connectivity index (χ3v) is 5.17. The Kier molecular flexibility index (Phi) is 5.37. The summed E-state index contributed by atoms with van der Waals surface area (Å²) in [6, 6.07) is 10.0. The lowest BCUT2D eigenvalue weighted by molar-refractivity contribution is -0.304. The van der Waals surface area contributed by atoms with Gasteiger partial charge in [-0.2, -0.15) is 0 Å². The summed E-state index contributed by atoms with van der Waals surface area (Å²) in [6.07, 6.45) is 0.580. The molecule has 0 saturated carbocycles. The Hall–Kier alpha value is -1.43.